The molecule has 0 bridgehead atoms. The first-order valence-electron chi connectivity index (χ1n) is 6.03. The van der Waals surface area contributed by atoms with E-state index in [1.54, 1.807) is 0 Å². The molecule has 18 heavy (non-hydrogen) atoms. The van der Waals surface area contributed by atoms with Gasteiger partial charge in [0.2, 0.25) is 0 Å². The van der Waals surface area contributed by atoms with E-state index in [2.05, 4.69) is 9.97 Å². The zero-order valence-corrected chi connectivity index (χ0v) is 10.1. The molecule has 1 aliphatic rings. The maximum absolute atomic E-state index is 11.5. The molecule has 0 radical (unpaired) electrons. The summed E-state index contributed by atoms with van der Waals surface area (Å²) in [5, 5.41) is 0. The van der Waals surface area contributed by atoms with Crippen LogP contribution in [-0.4, -0.2) is 16.6 Å². The molecule has 1 aromatic carbocycles. The van der Waals surface area contributed by atoms with Gasteiger partial charge in [-0.05, 0) is 19.4 Å². The minimum atomic E-state index is -0.0959. The fraction of sp³-hybridized carbons (Fsp3) is 0.286. The Kier molecular flexibility index (Phi) is 2.63. The first-order chi connectivity index (χ1) is 8.74. The third-order valence-corrected chi connectivity index (χ3v) is 3.18. The molecular weight excluding hydrogens is 228 g/mol. The summed E-state index contributed by atoms with van der Waals surface area (Å²) < 4.78 is 5.62. The van der Waals surface area contributed by atoms with Gasteiger partial charge in [-0.3, -0.25) is 4.79 Å². The molecule has 0 saturated carbocycles. The van der Waals surface area contributed by atoms with E-state index in [9.17, 15) is 4.79 Å². The number of hydrogen-bond acceptors (Lipinski definition) is 3. The summed E-state index contributed by atoms with van der Waals surface area (Å²) >= 11 is 0. The highest BCUT2D eigenvalue weighted by atomic mass is 16.5. The Morgan fingerprint density at radius 2 is 2.22 bits per heavy atom. The van der Waals surface area contributed by atoms with Crippen molar-refractivity contribution >= 4 is 0 Å². The van der Waals surface area contributed by atoms with Gasteiger partial charge in [0.15, 0.2) is 0 Å². The van der Waals surface area contributed by atoms with Crippen molar-refractivity contribution in [3.8, 4) is 5.75 Å². The van der Waals surface area contributed by atoms with Crippen LogP contribution >= 0.6 is 0 Å². The monoisotopic (exact) mass is 242 g/mol. The molecule has 0 aliphatic carbocycles. The molecule has 0 fully saturated rings. The van der Waals surface area contributed by atoms with E-state index in [0.29, 0.717) is 6.61 Å². The minimum absolute atomic E-state index is 0.0959. The maximum Gasteiger partial charge on any atom is 0.251 e. The van der Waals surface area contributed by atoms with Crippen LogP contribution in [0.1, 0.15) is 29.4 Å². The van der Waals surface area contributed by atoms with Crippen LogP contribution in [-0.2, 0) is 0 Å². The van der Waals surface area contributed by atoms with Crippen LogP contribution in [0.5, 0.6) is 5.75 Å². The first kappa shape index (κ1) is 11.0. The second kappa shape index (κ2) is 4.29. The number of benzene rings is 1. The van der Waals surface area contributed by atoms with Crippen molar-refractivity contribution < 1.29 is 4.74 Å². The Balaban J connectivity index is 2.11. The standard InChI is InChI=1S/C14H14N2O2/c1-9-8-13(17)16-14(15-9)11-6-7-18-12-5-3-2-4-10(11)12/h2-5,8,11H,6-7H2,1H3,(H,15,16,17). The highest BCUT2D eigenvalue weighted by molar-refractivity contribution is 5.40. The molecule has 0 amide bonds. The highest BCUT2D eigenvalue weighted by Gasteiger charge is 2.24. The van der Waals surface area contributed by atoms with Crippen molar-refractivity contribution in [2.24, 2.45) is 0 Å². The molecule has 92 valence electrons. The number of fused-ring (bicyclic) bond motifs is 1. The van der Waals surface area contributed by atoms with Gasteiger partial charge in [-0.1, -0.05) is 18.2 Å². The Morgan fingerprint density at radius 3 is 3.06 bits per heavy atom. The number of aromatic amines is 1. The van der Waals surface area contributed by atoms with E-state index in [-0.39, 0.29) is 11.5 Å². The fourth-order valence-corrected chi connectivity index (χ4v) is 2.39. The second-order valence-electron chi connectivity index (χ2n) is 4.50. The number of para-hydroxylation sites is 1. The van der Waals surface area contributed by atoms with E-state index >= 15 is 0 Å². The van der Waals surface area contributed by atoms with Gasteiger partial charge in [0.05, 0.1) is 6.61 Å². The van der Waals surface area contributed by atoms with E-state index in [4.69, 9.17) is 4.74 Å². The summed E-state index contributed by atoms with van der Waals surface area (Å²) in [6, 6.07) is 9.42. The Labute approximate surface area is 105 Å². The van der Waals surface area contributed by atoms with Gasteiger partial charge in [-0.15, -0.1) is 0 Å². The zero-order chi connectivity index (χ0) is 12.5. The fourth-order valence-electron chi connectivity index (χ4n) is 2.39. The van der Waals surface area contributed by atoms with Crippen molar-refractivity contribution in [2.75, 3.05) is 6.61 Å². The predicted octanol–water partition coefficient (Wildman–Crippen LogP) is 1.99. The van der Waals surface area contributed by atoms with Gasteiger partial charge < -0.3 is 9.72 Å². The molecule has 1 aliphatic heterocycles. The Hall–Kier alpha value is -2.10. The van der Waals surface area contributed by atoms with Gasteiger partial charge in [-0.2, -0.15) is 0 Å². The smallest absolute Gasteiger partial charge is 0.251 e. The van der Waals surface area contributed by atoms with Crippen LogP contribution in [0.3, 0.4) is 0 Å². The molecule has 1 unspecified atom stereocenters. The molecular formula is C14H14N2O2. The van der Waals surface area contributed by atoms with Crippen LogP contribution in [0.4, 0.5) is 0 Å². The lowest BCUT2D eigenvalue weighted by Crippen LogP contribution is -2.20. The van der Waals surface area contributed by atoms with Crippen LogP contribution in [0.25, 0.3) is 0 Å². The summed E-state index contributed by atoms with van der Waals surface area (Å²) in [4.78, 5) is 18.8. The van der Waals surface area contributed by atoms with Crippen molar-refractivity contribution in [3.05, 3.63) is 57.8 Å². The second-order valence-corrected chi connectivity index (χ2v) is 4.50. The molecule has 2 heterocycles. The number of rotatable bonds is 1. The predicted molar refractivity (Wildman–Crippen MR) is 68.0 cm³/mol. The number of nitrogens with zero attached hydrogens (tertiary/aromatic N) is 1. The van der Waals surface area contributed by atoms with Gasteiger partial charge in [-0.25, -0.2) is 4.98 Å². The van der Waals surface area contributed by atoms with E-state index < -0.39 is 0 Å². The number of ether oxygens (including phenoxy) is 1. The molecule has 0 saturated heterocycles. The summed E-state index contributed by atoms with van der Waals surface area (Å²) in [7, 11) is 0. The lowest BCUT2D eigenvalue weighted by Gasteiger charge is -2.25. The molecule has 4 nitrogen and oxygen atoms in total. The molecule has 1 N–H and O–H groups in total. The van der Waals surface area contributed by atoms with Crippen molar-refractivity contribution in [2.45, 2.75) is 19.3 Å². The third kappa shape index (κ3) is 1.90. The number of hydrogen-bond donors (Lipinski definition) is 1. The van der Waals surface area contributed by atoms with Crippen molar-refractivity contribution in [1.82, 2.24) is 9.97 Å². The summed E-state index contributed by atoms with van der Waals surface area (Å²) in [6.07, 6.45) is 0.837. The molecule has 0 spiro atoms. The number of H-pyrrole nitrogens is 1. The van der Waals surface area contributed by atoms with E-state index in [0.717, 1.165) is 29.3 Å². The summed E-state index contributed by atoms with van der Waals surface area (Å²) in [5.41, 5.74) is 1.75. The van der Waals surface area contributed by atoms with Gasteiger partial charge >= 0.3 is 0 Å². The topological polar surface area (TPSA) is 55.0 Å². The molecule has 1 atom stereocenters. The normalized spacial score (nSPS) is 17.9. The lowest BCUT2D eigenvalue weighted by atomic mass is 9.92. The number of nitrogens with one attached hydrogen (secondary N) is 1. The molecule has 3 rings (SSSR count). The van der Waals surface area contributed by atoms with E-state index in [1.807, 2.05) is 31.2 Å². The quantitative estimate of drug-likeness (QED) is 0.832. The summed E-state index contributed by atoms with van der Waals surface area (Å²) in [6.45, 7) is 2.49. The zero-order valence-electron chi connectivity index (χ0n) is 10.1. The van der Waals surface area contributed by atoms with Crippen LogP contribution < -0.4 is 10.3 Å². The number of aromatic nitrogens is 2. The van der Waals surface area contributed by atoms with Crippen LogP contribution in [0.2, 0.25) is 0 Å². The van der Waals surface area contributed by atoms with Crippen LogP contribution in [0, 0.1) is 6.92 Å². The van der Waals surface area contributed by atoms with Gasteiger partial charge in [0, 0.05) is 23.2 Å². The highest BCUT2D eigenvalue weighted by Crippen LogP contribution is 2.35. The number of aryl methyl sites for hydroxylation is 1. The molecule has 1 aromatic heterocycles. The van der Waals surface area contributed by atoms with Crippen molar-refractivity contribution in [3.63, 3.8) is 0 Å². The average Bonchev–Trinajstić information content (AvgIpc) is 2.37. The van der Waals surface area contributed by atoms with Gasteiger partial charge in [0.1, 0.15) is 11.6 Å². The third-order valence-electron chi connectivity index (χ3n) is 3.18. The summed E-state index contributed by atoms with van der Waals surface area (Å²) in [5.74, 6) is 1.73. The minimum Gasteiger partial charge on any atom is -0.493 e. The largest absolute Gasteiger partial charge is 0.493 e. The average molecular weight is 242 g/mol. The Bertz CT molecular complexity index is 634. The lowest BCUT2D eigenvalue weighted by molar-refractivity contribution is 0.274. The maximum atomic E-state index is 11.5. The molecule has 4 heteroatoms. The Morgan fingerprint density at radius 1 is 1.39 bits per heavy atom. The van der Waals surface area contributed by atoms with Gasteiger partial charge in [0.25, 0.3) is 5.56 Å². The van der Waals surface area contributed by atoms with E-state index in [1.165, 1.54) is 6.07 Å². The SMILES string of the molecule is Cc1cc(=O)[nH]c(C2CCOc3ccccc32)n1. The molecule has 2 aromatic rings. The first-order valence-corrected chi connectivity index (χ1v) is 6.03. The van der Waals surface area contributed by atoms with Crippen LogP contribution in [0.15, 0.2) is 35.1 Å². The van der Waals surface area contributed by atoms with Crippen molar-refractivity contribution in [1.29, 1.82) is 0 Å².